The van der Waals surface area contributed by atoms with Gasteiger partial charge in [0.25, 0.3) is 0 Å². The van der Waals surface area contributed by atoms with Gasteiger partial charge in [-0.15, -0.1) is 0 Å². The minimum atomic E-state index is -0.822. The molecule has 1 unspecified atom stereocenters. The van der Waals surface area contributed by atoms with Crippen LogP contribution < -0.4 is 0 Å². The lowest BCUT2D eigenvalue weighted by molar-refractivity contribution is -0.166. The molecule has 0 rings (SSSR count). The average Bonchev–Trinajstić information content (AvgIpc) is 3.37. The molecule has 0 aliphatic heterocycles. The Labute approximate surface area is 436 Å². The standard InChI is InChI=1S/C65H102O6/c1-4-7-10-13-15-17-19-21-23-25-27-28-29-30-31-32-33-34-35-36-38-39-41-43-45-47-49-52-55-58-64(67)70-61-62(60-69-63(66)57-54-51-12-9-6-3)71-65(68)59-56-53-50-48-46-44-42-40-37-26-24-22-20-18-16-14-11-8-5-2/h7-8,10-11,15-18,21-24,27-28,30-31,33-34,37,40,44,46,50,53,62H,4-6,9,12-14,19-20,25-26,29,32,35-36,38-39,41-43,45,47-49,51-52,54-61H2,1-3H3/b10-7-,11-8-,17-15-,18-16-,23-21-,24-22-,28-27-,31-30-,34-33-,40-37-,46-44-,53-50-. The van der Waals surface area contributed by atoms with Gasteiger partial charge in [0, 0.05) is 19.3 Å². The third-order valence-corrected chi connectivity index (χ3v) is 11.4. The number of unbranched alkanes of at least 4 members (excludes halogenated alkanes) is 14. The highest BCUT2D eigenvalue weighted by Crippen LogP contribution is 2.14. The first-order chi connectivity index (χ1) is 35.0. The second-order valence-electron chi connectivity index (χ2n) is 18.1. The van der Waals surface area contributed by atoms with Crippen LogP contribution in [0.4, 0.5) is 0 Å². The number of esters is 3. The second kappa shape index (κ2) is 57.9. The minimum absolute atomic E-state index is 0.115. The van der Waals surface area contributed by atoms with Crippen LogP contribution in [0, 0.1) is 0 Å². The Bertz CT molecular complexity index is 1590. The summed E-state index contributed by atoms with van der Waals surface area (Å²) in [7, 11) is 0. The summed E-state index contributed by atoms with van der Waals surface area (Å²) in [5, 5.41) is 0. The Hall–Kier alpha value is -4.71. The van der Waals surface area contributed by atoms with E-state index >= 15 is 0 Å². The summed E-state index contributed by atoms with van der Waals surface area (Å²) in [5.74, 6) is -1.03. The van der Waals surface area contributed by atoms with Crippen molar-refractivity contribution < 1.29 is 28.6 Å². The van der Waals surface area contributed by atoms with E-state index in [1.165, 1.54) is 44.9 Å². The van der Waals surface area contributed by atoms with Gasteiger partial charge in [-0.05, 0) is 109 Å². The first kappa shape index (κ1) is 66.3. The molecule has 0 bridgehead atoms. The maximum absolute atomic E-state index is 12.7. The largest absolute Gasteiger partial charge is 0.462 e. The van der Waals surface area contributed by atoms with Crippen LogP contribution >= 0.6 is 0 Å². The number of carbonyl (C=O) groups excluding carboxylic acids is 3. The fourth-order valence-electron chi connectivity index (χ4n) is 7.18. The van der Waals surface area contributed by atoms with Crippen molar-refractivity contribution in [3.05, 3.63) is 146 Å². The van der Waals surface area contributed by atoms with Crippen LogP contribution in [-0.4, -0.2) is 37.2 Å². The van der Waals surface area contributed by atoms with Gasteiger partial charge in [0.1, 0.15) is 13.2 Å². The van der Waals surface area contributed by atoms with E-state index in [1.807, 2.05) is 12.2 Å². The van der Waals surface area contributed by atoms with E-state index < -0.39 is 12.1 Å². The van der Waals surface area contributed by atoms with Crippen molar-refractivity contribution in [2.45, 2.75) is 232 Å². The predicted octanol–water partition coefficient (Wildman–Crippen LogP) is 19.2. The number of ether oxygens (including phenoxy) is 3. The molecule has 0 N–H and O–H groups in total. The number of hydrogen-bond acceptors (Lipinski definition) is 6. The Morgan fingerprint density at radius 3 is 0.915 bits per heavy atom. The summed E-state index contributed by atoms with van der Waals surface area (Å²) in [4.78, 5) is 37.7. The summed E-state index contributed by atoms with van der Waals surface area (Å²) >= 11 is 0. The van der Waals surface area contributed by atoms with Crippen molar-refractivity contribution in [1.29, 1.82) is 0 Å². The van der Waals surface area contributed by atoms with Gasteiger partial charge in [0.2, 0.25) is 0 Å². The predicted molar refractivity (Wildman–Crippen MR) is 306 cm³/mol. The lowest BCUT2D eigenvalue weighted by atomic mass is 10.1. The number of allylic oxidation sites excluding steroid dienone is 24. The van der Waals surface area contributed by atoms with Crippen LogP contribution in [0.5, 0.6) is 0 Å². The number of rotatable bonds is 49. The van der Waals surface area contributed by atoms with Gasteiger partial charge >= 0.3 is 17.9 Å². The zero-order valence-electron chi connectivity index (χ0n) is 45.4. The van der Waals surface area contributed by atoms with E-state index in [2.05, 4.69) is 154 Å². The minimum Gasteiger partial charge on any atom is -0.462 e. The van der Waals surface area contributed by atoms with E-state index in [4.69, 9.17) is 14.2 Å². The fourth-order valence-corrected chi connectivity index (χ4v) is 7.18. The van der Waals surface area contributed by atoms with Crippen LogP contribution in [0.2, 0.25) is 0 Å². The molecule has 0 aromatic rings. The Kier molecular flexibility index (Phi) is 54.0. The number of carbonyl (C=O) groups is 3. The van der Waals surface area contributed by atoms with Gasteiger partial charge in [-0.3, -0.25) is 14.4 Å². The topological polar surface area (TPSA) is 78.9 Å². The molecule has 0 aliphatic rings. The summed E-state index contributed by atoms with van der Waals surface area (Å²) in [6.45, 7) is 6.24. The SMILES string of the molecule is CC/C=C\C/C=C\C/C=C\C/C=C\C/C=C\C/C=C\CCCCCCCCCCCCC(=O)OCC(COC(=O)CCCCCCC)OC(=O)CC/C=C\C/C=C\C/C=C\C/C=C\C/C=C\C/C=C\CC. The average molecular weight is 980 g/mol. The Balaban J connectivity index is 4.20. The van der Waals surface area contributed by atoms with Gasteiger partial charge in [-0.25, -0.2) is 0 Å². The Morgan fingerprint density at radius 1 is 0.296 bits per heavy atom. The molecule has 6 nitrogen and oxygen atoms in total. The van der Waals surface area contributed by atoms with Crippen molar-refractivity contribution in [3.63, 3.8) is 0 Å². The third-order valence-electron chi connectivity index (χ3n) is 11.4. The molecule has 0 fully saturated rings. The summed E-state index contributed by atoms with van der Waals surface area (Å²) in [6.07, 6.45) is 83.3. The van der Waals surface area contributed by atoms with Gasteiger partial charge in [0.15, 0.2) is 6.10 Å². The van der Waals surface area contributed by atoms with Crippen molar-refractivity contribution >= 4 is 17.9 Å². The molecule has 0 saturated carbocycles. The molecular formula is C65H102O6. The van der Waals surface area contributed by atoms with Crippen molar-refractivity contribution in [2.24, 2.45) is 0 Å². The molecule has 6 heteroatoms. The maximum atomic E-state index is 12.7. The lowest BCUT2D eigenvalue weighted by Crippen LogP contribution is -2.30. The molecule has 0 heterocycles. The molecule has 398 valence electrons. The molecule has 71 heavy (non-hydrogen) atoms. The van der Waals surface area contributed by atoms with Crippen LogP contribution in [0.1, 0.15) is 226 Å². The van der Waals surface area contributed by atoms with Crippen LogP contribution in [-0.2, 0) is 28.6 Å². The normalized spacial score (nSPS) is 13.2. The van der Waals surface area contributed by atoms with Gasteiger partial charge < -0.3 is 14.2 Å². The van der Waals surface area contributed by atoms with Gasteiger partial charge in [-0.2, -0.15) is 0 Å². The summed E-state index contributed by atoms with van der Waals surface area (Å²) < 4.78 is 16.6. The van der Waals surface area contributed by atoms with Gasteiger partial charge in [-0.1, -0.05) is 244 Å². The van der Waals surface area contributed by atoms with Gasteiger partial charge in [0.05, 0.1) is 0 Å². The first-order valence-corrected chi connectivity index (χ1v) is 28.3. The van der Waals surface area contributed by atoms with E-state index in [-0.39, 0.29) is 31.6 Å². The highest BCUT2D eigenvalue weighted by molar-refractivity contribution is 5.71. The summed E-state index contributed by atoms with van der Waals surface area (Å²) in [5.41, 5.74) is 0. The van der Waals surface area contributed by atoms with E-state index in [1.54, 1.807) is 0 Å². The lowest BCUT2D eigenvalue weighted by Gasteiger charge is -2.18. The zero-order chi connectivity index (χ0) is 51.4. The van der Waals surface area contributed by atoms with E-state index in [0.717, 1.165) is 135 Å². The van der Waals surface area contributed by atoms with Crippen LogP contribution in [0.25, 0.3) is 0 Å². The first-order valence-electron chi connectivity index (χ1n) is 28.3. The number of hydrogen-bond donors (Lipinski definition) is 0. The van der Waals surface area contributed by atoms with E-state index in [0.29, 0.717) is 19.3 Å². The van der Waals surface area contributed by atoms with Crippen LogP contribution in [0.3, 0.4) is 0 Å². The highest BCUT2D eigenvalue weighted by Gasteiger charge is 2.19. The molecule has 0 amide bonds. The maximum Gasteiger partial charge on any atom is 0.306 e. The van der Waals surface area contributed by atoms with Crippen LogP contribution in [0.15, 0.2) is 146 Å². The third kappa shape index (κ3) is 56.1. The van der Waals surface area contributed by atoms with E-state index in [9.17, 15) is 14.4 Å². The summed E-state index contributed by atoms with van der Waals surface area (Å²) in [6, 6.07) is 0. The van der Waals surface area contributed by atoms with Crippen molar-refractivity contribution in [2.75, 3.05) is 13.2 Å². The molecule has 1 atom stereocenters. The monoisotopic (exact) mass is 979 g/mol. The van der Waals surface area contributed by atoms with Crippen molar-refractivity contribution in [3.8, 4) is 0 Å². The zero-order valence-corrected chi connectivity index (χ0v) is 45.4. The molecule has 0 aliphatic carbocycles. The quantitative estimate of drug-likeness (QED) is 0.0262. The molecular weight excluding hydrogens is 877 g/mol. The van der Waals surface area contributed by atoms with Crippen molar-refractivity contribution in [1.82, 2.24) is 0 Å². The second-order valence-corrected chi connectivity index (χ2v) is 18.1. The molecule has 0 radical (unpaired) electrons. The Morgan fingerprint density at radius 2 is 0.577 bits per heavy atom. The molecule has 0 aromatic heterocycles. The molecule has 0 saturated heterocycles. The molecule has 0 aromatic carbocycles. The highest BCUT2D eigenvalue weighted by atomic mass is 16.6. The smallest absolute Gasteiger partial charge is 0.306 e. The fraction of sp³-hybridized carbons (Fsp3) is 0.585. The molecule has 0 spiro atoms.